The summed E-state index contributed by atoms with van der Waals surface area (Å²) in [4.78, 5) is 11.0. The summed E-state index contributed by atoms with van der Waals surface area (Å²) in [5.74, 6) is 1.60. The first-order valence-corrected chi connectivity index (χ1v) is 12.7. The highest BCUT2D eigenvalue weighted by molar-refractivity contribution is 7.88. The summed E-state index contributed by atoms with van der Waals surface area (Å²) in [5.41, 5.74) is 1.84. The van der Waals surface area contributed by atoms with E-state index in [0.29, 0.717) is 40.8 Å². The molecular formula is C20H21ClN4O3S2. The summed E-state index contributed by atoms with van der Waals surface area (Å²) in [5, 5.41) is 1.12. The number of pyridine rings is 1. The van der Waals surface area contributed by atoms with Crippen molar-refractivity contribution in [2.24, 2.45) is 11.8 Å². The minimum Gasteiger partial charge on any atom is -0.431 e. The van der Waals surface area contributed by atoms with Crippen molar-refractivity contribution in [3.8, 4) is 10.9 Å². The third kappa shape index (κ3) is 4.17. The maximum absolute atomic E-state index is 11.8. The first-order chi connectivity index (χ1) is 14.3. The van der Waals surface area contributed by atoms with E-state index in [0.717, 1.165) is 30.1 Å². The Morgan fingerprint density at radius 1 is 1.17 bits per heavy atom. The molecule has 0 bridgehead atoms. The van der Waals surface area contributed by atoms with Gasteiger partial charge in [-0.15, -0.1) is 0 Å². The van der Waals surface area contributed by atoms with E-state index >= 15 is 0 Å². The molecule has 2 aliphatic rings. The van der Waals surface area contributed by atoms with Crippen molar-refractivity contribution >= 4 is 43.3 Å². The Kier molecular flexibility index (Phi) is 5.19. The molecule has 3 aromatic rings. The van der Waals surface area contributed by atoms with Gasteiger partial charge in [0.05, 0.1) is 16.0 Å². The normalized spacial score (nSPS) is 22.6. The molecule has 2 atom stereocenters. The van der Waals surface area contributed by atoms with E-state index in [4.69, 9.17) is 16.3 Å². The lowest BCUT2D eigenvalue weighted by molar-refractivity contribution is 0.290. The Hall–Kier alpha value is -1.78. The summed E-state index contributed by atoms with van der Waals surface area (Å²) < 4.78 is 31.9. The van der Waals surface area contributed by atoms with Gasteiger partial charge in [-0.25, -0.2) is 17.7 Å². The molecule has 0 saturated carbocycles. The van der Waals surface area contributed by atoms with Crippen LogP contribution in [0.2, 0.25) is 5.02 Å². The minimum atomic E-state index is -3.08. The molecule has 0 amide bonds. The lowest BCUT2D eigenvalue weighted by Crippen LogP contribution is -2.32. The Bertz CT molecular complexity index is 1170. The fraction of sp³-hybridized carbons (Fsp3) is 0.400. The van der Waals surface area contributed by atoms with Crippen LogP contribution < -0.4 is 4.74 Å². The molecule has 2 fully saturated rings. The zero-order chi connectivity index (χ0) is 20.9. The maximum Gasteiger partial charge on any atom is 0.281 e. The van der Waals surface area contributed by atoms with Crippen LogP contribution in [0.5, 0.6) is 10.9 Å². The van der Waals surface area contributed by atoms with Gasteiger partial charge >= 0.3 is 0 Å². The number of hydrogen-bond acceptors (Lipinski definition) is 7. The van der Waals surface area contributed by atoms with E-state index in [1.165, 1.54) is 23.2 Å². The van der Waals surface area contributed by atoms with Gasteiger partial charge in [-0.05, 0) is 35.6 Å². The van der Waals surface area contributed by atoms with Crippen LogP contribution in [0.15, 0.2) is 36.5 Å². The highest BCUT2D eigenvalue weighted by Crippen LogP contribution is 2.34. The standard InChI is InChI=1S/C20H21ClN4O3S2/c1-30(26,27)25-11-14-9-24(10-15(14)12-25)8-13-2-4-17(5-3-13)28-20-23-19-18(29-20)6-16(21)7-22-19/h2-7,14-15H,8-12H2,1H3. The third-order valence-corrected chi connectivity index (χ3v) is 8.04. The van der Waals surface area contributed by atoms with E-state index in [2.05, 4.69) is 27.0 Å². The molecule has 7 nitrogen and oxygen atoms in total. The van der Waals surface area contributed by atoms with Crippen molar-refractivity contribution in [2.45, 2.75) is 6.54 Å². The Balaban J connectivity index is 1.19. The Morgan fingerprint density at radius 2 is 1.87 bits per heavy atom. The second-order valence-electron chi connectivity index (χ2n) is 8.00. The van der Waals surface area contributed by atoms with Crippen LogP contribution in [-0.4, -0.2) is 60.0 Å². The quantitative estimate of drug-likeness (QED) is 0.575. The first kappa shape index (κ1) is 20.1. The van der Waals surface area contributed by atoms with Crippen LogP contribution >= 0.6 is 22.9 Å². The zero-order valence-electron chi connectivity index (χ0n) is 16.4. The van der Waals surface area contributed by atoms with Crippen LogP contribution in [-0.2, 0) is 16.6 Å². The molecule has 0 radical (unpaired) electrons. The SMILES string of the molecule is CS(=O)(=O)N1CC2CN(Cc3ccc(Oc4nc5ncc(Cl)cc5s4)cc3)CC2C1. The average Bonchev–Trinajstić information content (AvgIpc) is 3.35. The molecule has 2 saturated heterocycles. The fourth-order valence-corrected chi connectivity index (χ4v) is 6.27. The number of fused-ring (bicyclic) bond motifs is 2. The van der Waals surface area contributed by atoms with Crippen molar-refractivity contribution in [1.82, 2.24) is 19.2 Å². The smallest absolute Gasteiger partial charge is 0.281 e. The molecule has 2 aliphatic heterocycles. The number of rotatable bonds is 5. The van der Waals surface area contributed by atoms with Gasteiger partial charge in [-0.3, -0.25) is 4.90 Å². The molecular weight excluding hydrogens is 444 g/mol. The zero-order valence-corrected chi connectivity index (χ0v) is 18.8. The van der Waals surface area contributed by atoms with Crippen molar-refractivity contribution in [1.29, 1.82) is 0 Å². The van der Waals surface area contributed by atoms with Crippen LogP contribution in [0.4, 0.5) is 0 Å². The number of benzene rings is 1. The van der Waals surface area contributed by atoms with Crippen LogP contribution in [0.3, 0.4) is 0 Å². The van der Waals surface area contributed by atoms with Gasteiger partial charge in [0, 0.05) is 38.9 Å². The van der Waals surface area contributed by atoms with Crippen LogP contribution in [0, 0.1) is 11.8 Å². The van der Waals surface area contributed by atoms with Crippen LogP contribution in [0.1, 0.15) is 5.56 Å². The Labute approximate surface area is 184 Å². The van der Waals surface area contributed by atoms with Gasteiger partial charge in [0.15, 0.2) is 5.65 Å². The third-order valence-electron chi connectivity index (χ3n) is 5.73. The molecule has 2 aromatic heterocycles. The number of sulfonamides is 1. The van der Waals surface area contributed by atoms with E-state index in [1.54, 1.807) is 10.5 Å². The second-order valence-corrected chi connectivity index (χ2v) is 11.4. The summed E-state index contributed by atoms with van der Waals surface area (Å²) >= 11 is 7.39. The monoisotopic (exact) mass is 464 g/mol. The van der Waals surface area contributed by atoms with E-state index < -0.39 is 10.0 Å². The van der Waals surface area contributed by atoms with Gasteiger partial charge in [0.1, 0.15) is 5.75 Å². The molecule has 158 valence electrons. The predicted octanol–water partition coefficient (Wildman–Crippen LogP) is 3.46. The summed E-state index contributed by atoms with van der Waals surface area (Å²) in [6.07, 6.45) is 2.88. The number of aromatic nitrogens is 2. The molecule has 30 heavy (non-hydrogen) atoms. The lowest BCUT2D eigenvalue weighted by Gasteiger charge is -2.20. The second kappa shape index (κ2) is 7.72. The highest BCUT2D eigenvalue weighted by atomic mass is 35.5. The van der Waals surface area contributed by atoms with Gasteiger partial charge < -0.3 is 4.74 Å². The number of halogens is 1. The number of likely N-dealkylation sites (tertiary alicyclic amines) is 1. The molecule has 0 spiro atoms. The maximum atomic E-state index is 11.8. The minimum absolute atomic E-state index is 0.434. The van der Waals surface area contributed by atoms with Crippen molar-refractivity contribution < 1.29 is 13.2 Å². The molecule has 0 aliphatic carbocycles. The molecule has 1 aromatic carbocycles. The molecule has 5 rings (SSSR count). The van der Waals surface area contributed by atoms with E-state index in [9.17, 15) is 8.42 Å². The van der Waals surface area contributed by atoms with E-state index in [-0.39, 0.29) is 0 Å². The van der Waals surface area contributed by atoms with Gasteiger partial charge in [0.25, 0.3) is 5.19 Å². The molecule has 10 heteroatoms. The predicted molar refractivity (Wildman–Crippen MR) is 118 cm³/mol. The van der Waals surface area contributed by atoms with Crippen molar-refractivity contribution in [3.05, 3.63) is 47.1 Å². The summed E-state index contributed by atoms with van der Waals surface area (Å²) in [7, 11) is -3.08. The van der Waals surface area contributed by atoms with Crippen LogP contribution in [0.25, 0.3) is 10.3 Å². The summed E-state index contributed by atoms with van der Waals surface area (Å²) in [6, 6.07) is 9.86. The topological polar surface area (TPSA) is 75.6 Å². The number of nitrogens with zero attached hydrogens (tertiary/aromatic N) is 4. The Morgan fingerprint density at radius 3 is 2.53 bits per heavy atom. The number of thiazole rings is 1. The van der Waals surface area contributed by atoms with E-state index in [1.807, 2.05) is 18.2 Å². The van der Waals surface area contributed by atoms with Gasteiger partial charge in [-0.2, -0.15) is 4.98 Å². The molecule has 0 N–H and O–H groups in total. The van der Waals surface area contributed by atoms with Crippen molar-refractivity contribution in [2.75, 3.05) is 32.4 Å². The fourth-order valence-electron chi connectivity index (χ4n) is 4.29. The number of ether oxygens (including phenoxy) is 1. The summed E-state index contributed by atoms with van der Waals surface area (Å²) in [6.45, 7) is 4.03. The number of hydrogen-bond donors (Lipinski definition) is 0. The van der Waals surface area contributed by atoms with Crippen molar-refractivity contribution in [3.63, 3.8) is 0 Å². The lowest BCUT2D eigenvalue weighted by atomic mass is 10.0. The average molecular weight is 465 g/mol. The van der Waals surface area contributed by atoms with Gasteiger partial charge in [-0.1, -0.05) is 35.1 Å². The highest BCUT2D eigenvalue weighted by Gasteiger charge is 2.42. The first-order valence-electron chi connectivity index (χ1n) is 9.70. The largest absolute Gasteiger partial charge is 0.431 e. The van der Waals surface area contributed by atoms with Gasteiger partial charge in [0.2, 0.25) is 10.0 Å². The molecule has 4 heterocycles. The molecule has 2 unspecified atom stereocenters.